The lowest BCUT2D eigenvalue weighted by atomic mass is 9.89. The topological polar surface area (TPSA) is 77.4 Å². The van der Waals surface area contributed by atoms with Crippen molar-refractivity contribution in [2.45, 2.75) is 78.7 Å². The molecule has 0 bridgehead atoms. The second kappa shape index (κ2) is 11.1. The highest BCUT2D eigenvalue weighted by Crippen LogP contribution is 2.27. The highest BCUT2D eigenvalue weighted by molar-refractivity contribution is 6.05. The molecule has 1 aromatic heterocycles. The van der Waals surface area contributed by atoms with Crippen LogP contribution in [0.1, 0.15) is 80.9 Å². The fourth-order valence-electron chi connectivity index (χ4n) is 4.59. The highest BCUT2D eigenvalue weighted by Gasteiger charge is 2.22. The number of aryl methyl sites for hydroxylation is 1. The van der Waals surface area contributed by atoms with E-state index in [-0.39, 0.29) is 16.9 Å². The third-order valence-electron chi connectivity index (χ3n) is 6.16. The van der Waals surface area contributed by atoms with Gasteiger partial charge in [0.15, 0.2) is 5.75 Å². The molecule has 1 aliphatic rings. The molecule has 6 heteroatoms. The smallest absolute Gasteiger partial charge is 0.308 e. The molecule has 0 spiro atoms. The number of anilines is 1. The van der Waals surface area contributed by atoms with Gasteiger partial charge in [0.25, 0.3) is 11.5 Å². The van der Waals surface area contributed by atoms with Gasteiger partial charge in [-0.25, -0.2) is 0 Å². The normalized spacial score (nSPS) is 14.2. The summed E-state index contributed by atoms with van der Waals surface area (Å²) in [6.45, 7) is 6.15. The SMILES string of the molecule is CCCc1c(CC)cc(C(=O)Nc2ccccc2OC(C)=O)c(=O)n1CC1CCCCC1. The summed E-state index contributed by atoms with van der Waals surface area (Å²) >= 11 is 0. The van der Waals surface area contributed by atoms with E-state index in [0.29, 0.717) is 18.2 Å². The first-order valence-electron chi connectivity index (χ1n) is 11.8. The molecule has 172 valence electrons. The van der Waals surface area contributed by atoms with Crippen LogP contribution >= 0.6 is 0 Å². The van der Waals surface area contributed by atoms with Gasteiger partial charge in [-0.2, -0.15) is 0 Å². The molecule has 1 fully saturated rings. The van der Waals surface area contributed by atoms with E-state index in [9.17, 15) is 14.4 Å². The molecule has 0 aliphatic heterocycles. The van der Waals surface area contributed by atoms with Crippen LogP contribution in [0, 0.1) is 5.92 Å². The van der Waals surface area contributed by atoms with E-state index in [1.165, 1.54) is 26.2 Å². The Morgan fingerprint density at radius 3 is 2.50 bits per heavy atom. The van der Waals surface area contributed by atoms with Crippen molar-refractivity contribution in [2.75, 3.05) is 5.32 Å². The summed E-state index contributed by atoms with van der Waals surface area (Å²) in [5.41, 5.74) is 2.36. The molecule has 3 rings (SSSR count). The zero-order chi connectivity index (χ0) is 23.1. The standard InChI is InChI=1S/C26H34N2O4/c1-4-11-23-20(5-2)16-21(26(31)28(23)17-19-12-7-6-8-13-19)25(30)27-22-14-9-10-15-24(22)32-18(3)29/h9-10,14-16,19H,4-8,11-13,17H2,1-3H3,(H,27,30). The third-order valence-corrected chi connectivity index (χ3v) is 6.16. The molecule has 1 amide bonds. The Morgan fingerprint density at radius 2 is 1.84 bits per heavy atom. The van der Waals surface area contributed by atoms with Crippen molar-refractivity contribution in [1.82, 2.24) is 4.57 Å². The van der Waals surface area contributed by atoms with Crippen LogP contribution in [0.15, 0.2) is 35.1 Å². The predicted molar refractivity (Wildman–Crippen MR) is 126 cm³/mol. The summed E-state index contributed by atoms with van der Waals surface area (Å²) in [6, 6.07) is 8.48. The molecule has 1 heterocycles. The van der Waals surface area contributed by atoms with Gasteiger partial charge in [-0.05, 0) is 55.4 Å². The Hall–Kier alpha value is -2.89. The van der Waals surface area contributed by atoms with Crippen molar-refractivity contribution in [3.05, 3.63) is 57.5 Å². The molecule has 1 aliphatic carbocycles. The van der Waals surface area contributed by atoms with E-state index in [2.05, 4.69) is 19.2 Å². The summed E-state index contributed by atoms with van der Waals surface area (Å²) in [5, 5.41) is 2.78. The average Bonchev–Trinajstić information content (AvgIpc) is 2.78. The van der Waals surface area contributed by atoms with Gasteiger partial charge in [-0.15, -0.1) is 0 Å². The zero-order valence-electron chi connectivity index (χ0n) is 19.4. The number of aromatic nitrogens is 1. The van der Waals surface area contributed by atoms with Crippen LogP contribution in [-0.4, -0.2) is 16.4 Å². The number of para-hydroxylation sites is 2. The molecule has 0 atom stereocenters. The number of pyridine rings is 1. The van der Waals surface area contributed by atoms with E-state index in [0.717, 1.165) is 43.4 Å². The maximum atomic E-state index is 13.5. The van der Waals surface area contributed by atoms with Crippen LogP contribution in [0.5, 0.6) is 5.75 Å². The van der Waals surface area contributed by atoms with E-state index in [4.69, 9.17) is 4.74 Å². The van der Waals surface area contributed by atoms with Gasteiger partial charge in [0.05, 0.1) is 5.69 Å². The van der Waals surface area contributed by atoms with E-state index in [1.54, 1.807) is 30.3 Å². The van der Waals surface area contributed by atoms with Crippen molar-refractivity contribution in [1.29, 1.82) is 0 Å². The third kappa shape index (κ3) is 5.67. The molecule has 0 unspecified atom stereocenters. The van der Waals surface area contributed by atoms with Gasteiger partial charge in [0.2, 0.25) is 0 Å². The molecule has 1 aromatic carbocycles. The van der Waals surface area contributed by atoms with Gasteiger partial charge in [0, 0.05) is 19.2 Å². The highest BCUT2D eigenvalue weighted by atomic mass is 16.5. The Balaban J connectivity index is 1.99. The van der Waals surface area contributed by atoms with Crippen LogP contribution in [-0.2, 0) is 24.2 Å². The minimum absolute atomic E-state index is 0.134. The van der Waals surface area contributed by atoms with E-state index < -0.39 is 11.9 Å². The number of carbonyl (C=O) groups excluding carboxylic acids is 2. The van der Waals surface area contributed by atoms with Crippen LogP contribution in [0.3, 0.4) is 0 Å². The lowest BCUT2D eigenvalue weighted by Crippen LogP contribution is -2.34. The van der Waals surface area contributed by atoms with E-state index >= 15 is 0 Å². The van der Waals surface area contributed by atoms with Gasteiger partial charge < -0.3 is 14.6 Å². The number of nitrogens with zero attached hydrogens (tertiary/aromatic N) is 1. The number of ether oxygens (including phenoxy) is 1. The maximum absolute atomic E-state index is 13.5. The lowest BCUT2D eigenvalue weighted by Gasteiger charge is -2.25. The monoisotopic (exact) mass is 438 g/mol. The first-order chi connectivity index (χ1) is 15.4. The first kappa shape index (κ1) is 23.8. The van der Waals surface area contributed by atoms with Crippen molar-refractivity contribution in [3.8, 4) is 5.75 Å². The fourth-order valence-corrected chi connectivity index (χ4v) is 4.59. The molecule has 2 aromatic rings. The van der Waals surface area contributed by atoms with Crippen LogP contribution in [0.4, 0.5) is 5.69 Å². The van der Waals surface area contributed by atoms with Crippen LogP contribution in [0.2, 0.25) is 0 Å². The van der Waals surface area contributed by atoms with Gasteiger partial charge in [-0.1, -0.05) is 51.7 Å². The molecule has 0 saturated heterocycles. The van der Waals surface area contributed by atoms with Crippen LogP contribution in [0.25, 0.3) is 0 Å². The minimum atomic E-state index is -0.482. The van der Waals surface area contributed by atoms with E-state index in [1.807, 2.05) is 4.57 Å². The molecule has 1 saturated carbocycles. The molecule has 0 radical (unpaired) electrons. The van der Waals surface area contributed by atoms with Crippen molar-refractivity contribution in [2.24, 2.45) is 5.92 Å². The number of rotatable bonds is 8. The van der Waals surface area contributed by atoms with Crippen LogP contribution < -0.4 is 15.6 Å². The second-order valence-electron chi connectivity index (χ2n) is 8.60. The summed E-state index contributed by atoms with van der Waals surface area (Å²) in [7, 11) is 0. The summed E-state index contributed by atoms with van der Waals surface area (Å²) < 4.78 is 7.06. The largest absolute Gasteiger partial charge is 0.424 e. The summed E-state index contributed by atoms with van der Waals surface area (Å²) in [5.74, 6) is -0.220. The molecule has 6 nitrogen and oxygen atoms in total. The predicted octanol–water partition coefficient (Wildman–Crippen LogP) is 5.12. The average molecular weight is 439 g/mol. The Labute approximate surface area is 190 Å². The fraction of sp³-hybridized carbons (Fsp3) is 0.500. The number of nitrogens with one attached hydrogen (secondary N) is 1. The lowest BCUT2D eigenvalue weighted by molar-refractivity contribution is -0.131. The Morgan fingerprint density at radius 1 is 1.12 bits per heavy atom. The number of carbonyl (C=O) groups is 2. The molecule has 1 N–H and O–H groups in total. The van der Waals surface area contributed by atoms with Gasteiger partial charge in [-0.3, -0.25) is 14.4 Å². The summed E-state index contributed by atoms with van der Waals surface area (Å²) in [6.07, 6.45) is 8.45. The second-order valence-corrected chi connectivity index (χ2v) is 8.60. The van der Waals surface area contributed by atoms with Crippen molar-refractivity contribution < 1.29 is 14.3 Å². The number of hydrogen-bond acceptors (Lipinski definition) is 4. The van der Waals surface area contributed by atoms with Gasteiger partial charge in [0.1, 0.15) is 5.56 Å². The zero-order valence-corrected chi connectivity index (χ0v) is 19.4. The first-order valence-corrected chi connectivity index (χ1v) is 11.8. The van der Waals surface area contributed by atoms with Crippen molar-refractivity contribution >= 4 is 17.6 Å². The maximum Gasteiger partial charge on any atom is 0.308 e. The number of hydrogen-bond donors (Lipinski definition) is 1. The van der Waals surface area contributed by atoms with Crippen molar-refractivity contribution in [3.63, 3.8) is 0 Å². The molecular weight excluding hydrogens is 404 g/mol. The number of amides is 1. The minimum Gasteiger partial charge on any atom is -0.424 e. The Kier molecular flexibility index (Phi) is 8.26. The number of benzene rings is 1. The number of esters is 1. The summed E-state index contributed by atoms with van der Waals surface area (Å²) in [4.78, 5) is 38.1. The molecular formula is C26H34N2O4. The Bertz CT molecular complexity index is 1020. The van der Waals surface area contributed by atoms with Gasteiger partial charge >= 0.3 is 5.97 Å². The molecule has 32 heavy (non-hydrogen) atoms. The quantitative estimate of drug-likeness (QED) is 0.458.